The molecule has 0 radical (unpaired) electrons. The first-order valence-corrected chi connectivity index (χ1v) is 10.1. The zero-order chi connectivity index (χ0) is 18.7. The fourth-order valence-corrected chi connectivity index (χ4v) is 3.65. The topological polar surface area (TPSA) is 74.6 Å². The summed E-state index contributed by atoms with van der Waals surface area (Å²) >= 11 is 0. The molecule has 0 aliphatic heterocycles. The summed E-state index contributed by atoms with van der Waals surface area (Å²) < 4.78 is 0. The van der Waals surface area contributed by atoms with Gasteiger partial charge in [-0.05, 0) is 25.7 Å². The second-order valence-electron chi connectivity index (χ2n) is 7.58. The van der Waals surface area contributed by atoms with Crippen molar-refractivity contribution in [2.45, 2.75) is 90.6 Å². The van der Waals surface area contributed by atoms with E-state index in [1.165, 1.54) is 25.7 Å². The highest BCUT2D eigenvalue weighted by Crippen LogP contribution is 2.34. The summed E-state index contributed by atoms with van der Waals surface area (Å²) in [6.07, 6.45) is 14.2. The van der Waals surface area contributed by atoms with Crippen LogP contribution < -0.4 is 0 Å². The molecule has 1 rings (SSSR count). The standard InChI is InChI=1S/C21H36O4/c1-3-4-5-6-7-10-13-17-18(20(23)15-19(17)22)14-11-8-9-12-16(2)21(24)25/h10,13,16-19,22H,3-9,11-12,14-15H2,1-2H3,(H,24,25)/t16?,17-,18-,19-/m1/s1. The van der Waals surface area contributed by atoms with Gasteiger partial charge in [-0.2, -0.15) is 0 Å². The van der Waals surface area contributed by atoms with E-state index in [0.29, 0.717) is 6.42 Å². The highest BCUT2D eigenvalue weighted by molar-refractivity contribution is 5.84. The Labute approximate surface area is 152 Å². The van der Waals surface area contributed by atoms with E-state index < -0.39 is 12.1 Å². The summed E-state index contributed by atoms with van der Waals surface area (Å²) in [6, 6.07) is 0. The number of aliphatic hydroxyl groups is 1. The van der Waals surface area contributed by atoms with Gasteiger partial charge in [-0.25, -0.2) is 0 Å². The number of rotatable bonds is 13. The van der Waals surface area contributed by atoms with Crippen LogP contribution in [0.2, 0.25) is 0 Å². The number of unbranched alkanes of at least 4 members (excludes halogenated alkanes) is 6. The second kappa shape index (κ2) is 12.2. The molecule has 1 aliphatic carbocycles. The summed E-state index contributed by atoms with van der Waals surface area (Å²) in [5, 5.41) is 19.0. The van der Waals surface area contributed by atoms with Crippen LogP contribution in [0.25, 0.3) is 0 Å². The van der Waals surface area contributed by atoms with Gasteiger partial charge >= 0.3 is 5.97 Å². The van der Waals surface area contributed by atoms with E-state index in [1.807, 2.05) is 0 Å². The Morgan fingerprint density at radius 3 is 2.60 bits per heavy atom. The van der Waals surface area contributed by atoms with Gasteiger partial charge in [-0.3, -0.25) is 9.59 Å². The number of aliphatic hydroxyl groups excluding tert-OH is 1. The van der Waals surface area contributed by atoms with E-state index >= 15 is 0 Å². The van der Waals surface area contributed by atoms with Crippen molar-refractivity contribution in [2.24, 2.45) is 17.8 Å². The Kier molecular flexibility index (Phi) is 10.7. The van der Waals surface area contributed by atoms with Crippen molar-refractivity contribution in [3.05, 3.63) is 12.2 Å². The number of carbonyl (C=O) groups excluding carboxylic acids is 1. The van der Waals surface area contributed by atoms with Gasteiger partial charge in [0.2, 0.25) is 0 Å². The Balaban J connectivity index is 2.32. The number of carboxylic acids is 1. The van der Waals surface area contributed by atoms with Crippen molar-refractivity contribution in [1.82, 2.24) is 0 Å². The van der Waals surface area contributed by atoms with Crippen LogP contribution in [-0.4, -0.2) is 28.1 Å². The molecular formula is C21H36O4. The van der Waals surface area contributed by atoms with Gasteiger partial charge in [0.15, 0.2) is 0 Å². The van der Waals surface area contributed by atoms with Crippen LogP contribution in [0.5, 0.6) is 0 Å². The Bertz CT molecular complexity index is 430. The molecule has 144 valence electrons. The molecule has 0 amide bonds. The van der Waals surface area contributed by atoms with E-state index in [9.17, 15) is 14.7 Å². The predicted molar refractivity (Wildman–Crippen MR) is 100 cm³/mol. The number of aliphatic carboxylic acids is 1. The second-order valence-corrected chi connectivity index (χ2v) is 7.58. The Hall–Kier alpha value is -1.16. The molecule has 1 unspecified atom stereocenters. The molecule has 0 saturated heterocycles. The molecule has 0 bridgehead atoms. The SMILES string of the molecule is CCCCCCC=C[C@H]1[C@H](O)CC(=O)[C@@H]1CCCCCC(C)C(=O)O. The number of Topliss-reactive ketones (excluding diaryl/α,β-unsaturated/α-hetero) is 1. The first kappa shape index (κ1) is 21.9. The smallest absolute Gasteiger partial charge is 0.306 e. The van der Waals surface area contributed by atoms with Crippen molar-refractivity contribution >= 4 is 11.8 Å². The van der Waals surface area contributed by atoms with Crippen LogP contribution in [0.1, 0.15) is 84.5 Å². The van der Waals surface area contributed by atoms with Gasteiger partial charge in [0, 0.05) is 18.3 Å². The predicted octanol–water partition coefficient (Wildman–Crippen LogP) is 4.75. The zero-order valence-electron chi connectivity index (χ0n) is 16.0. The van der Waals surface area contributed by atoms with E-state index in [2.05, 4.69) is 19.1 Å². The average Bonchev–Trinajstić information content (AvgIpc) is 2.83. The number of carbonyl (C=O) groups is 2. The monoisotopic (exact) mass is 352 g/mol. The fraction of sp³-hybridized carbons (Fsp3) is 0.810. The molecular weight excluding hydrogens is 316 g/mol. The summed E-state index contributed by atoms with van der Waals surface area (Å²) in [5.41, 5.74) is 0. The van der Waals surface area contributed by atoms with Crippen molar-refractivity contribution in [2.75, 3.05) is 0 Å². The van der Waals surface area contributed by atoms with Crippen LogP contribution in [0.3, 0.4) is 0 Å². The lowest BCUT2D eigenvalue weighted by atomic mass is 9.88. The Morgan fingerprint density at radius 1 is 1.20 bits per heavy atom. The minimum absolute atomic E-state index is 0.0309. The van der Waals surface area contributed by atoms with Crippen molar-refractivity contribution in [1.29, 1.82) is 0 Å². The van der Waals surface area contributed by atoms with Crippen molar-refractivity contribution < 1.29 is 19.8 Å². The largest absolute Gasteiger partial charge is 0.481 e. The van der Waals surface area contributed by atoms with Crippen LogP contribution >= 0.6 is 0 Å². The molecule has 4 atom stereocenters. The number of hydrogen-bond donors (Lipinski definition) is 2. The molecule has 0 aromatic rings. The molecule has 4 heteroatoms. The lowest BCUT2D eigenvalue weighted by Gasteiger charge is -2.17. The number of carboxylic acid groups (broad SMARTS) is 1. The van der Waals surface area contributed by atoms with Crippen LogP contribution in [0, 0.1) is 17.8 Å². The number of allylic oxidation sites excluding steroid dienone is 1. The van der Waals surface area contributed by atoms with Crippen molar-refractivity contribution in [3.8, 4) is 0 Å². The molecule has 1 saturated carbocycles. The fourth-order valence-electron chi connectivity index (χ4n) is 3.65. The third-order valence-corrected chi connectivity index (χ3v) is 5.39. The van der Waals surface area contributed by atoms with E-state index in [0.717, 1.165) is 32.1 Å². The van der Waals surface area contributed by atoms with Gasteiger partial charge in [-0.15, -0.1) is 0 Å². The summed E-state index contributed by atoms with van der Waals surface area (Å²) in [6.45, 7) is 3.93. The van der Waals surface area contributed by atoms with Crippen LogP contribution in [0.15, 0.2) is 12.2 Å². The maximum absolute atomic E-state index is 12.2. The first-order valence-electron chi connectivity index (χ1n) is 10.1. The molecule has 0 aromatic carbocycles. The number of hydrogen-bond acceptors (Lipinski definition) is 3. The third kappa shape index (κ3) is 8.17. The van der Waals surface area contributed by atoms with E-state index in [1.54, 1.807) is 6.92 Å². The summed E-state index contributed by atoms with van der Waals surface area (Å²) in [7, 11) is 0. The lowest BCUT2D eigenvalue weighted by molar-refractivity contribution is -0.141. The zero-order valence-corrected chi connectivity index (χ0v) is 16.0. The highest BCUT2D eigenvalue weighted by atomic mass is 16.4. The van der Waals surface area contributed by atoms with Gasteiger partial charge in [0.1, 0.15) is 5.78 Å². The van der Waals surface area contributed by atoms with E-state index in [4.69, 9.17) is 5.11 Å². The Morgan fingerprint density at radius 2 is 1.92 bits per heavy atom. The van der Waals surface area contributed by atoms with Gasteiger partial charge in [0.05, 0.1) is 12.0 Å². The van der Waals surface area contributed by atoms with E-state index in [-0.39, 0.29) is 30.0 Å². The average molecular weight is 353 g/mol. The van der Waals surface area contributed by atoms with Crippen LogP contribution in [0.4, 0.5) is 0 Å². The third-order valence-electron chi connectivity index (χ3n) is 5.39. The first-order chi connectivity index (χ1) is 12.0. The molecule has 0 aromatic heterocycles. The molecule has 0 heterocycles. The molecule has 1 fully saturated rings. The normalized spacial score (nSPS) is 24.9. The highest BCUT2D eigenvalue weighted by Gasteiger charge is 2.39. The van der Waals surface area contributed by atoms with Gasteiger partial charge in [0.25, 0.3) is 0 Å². The maximum atomic E-state index is 12.2. The quantitative estimate of drug-likeness (QED) is 0.370. The molecule has 1 aliphatic rings. The van der Waals surface area contributed by atoms with Gasteiger partial charge in [-0.1, -0.05) is 64.5 Å². The molecule has 4 nitrogen and oxygen atoms in total. The number of ketones is 1. The lowest BCUT2D eigenvalue weighted by Crippen LogP contribution is -2.18. The summed E-state index contributed by atoms with van der Waals surface area (Å²) in [4.78, 5) is 23.0. The maximum Gasteiger partial charge on any atom is 0.306 e. The molecule has 0 spiro atoms. The molecule has 25 heavy (non-hydrogen) atoms. The van der Waals surface area contributed by atoms with Crippen LogP contribution in [-0.2, 0) is 9.59 Å². The summed E-state index contributed by atoms with van der Waals surface area (Å²) in [5.74, 6) is -0.931. The minimum Gasteiger partial charge on any atom is -0.481 e. The van der Waals surface area contributed by atoms with Crippen molar-refractivity contribution in [3.63, 3.8) is 0 Å². The minimum atomic E-state index is -0.738. The van der Waals surface area contributed by atoms with Gasteiger partial charge < -0.3 is 10.2 Å². The molecule has 2 N–H and O–H groups in total.